The van der Waals surface area contributed by atoms with Gasteiger partial charge in [-0.1, -0.05) is 60.7 Å². The summed E-state index contributed by atoms with van der Waals surface area (Å²) in [6, 6.07) is 25.9. The molecule has 0 aromatic heterocycles. The fourth-order valence-corrected chi connectivity index (χ4v) is 3.07. The third kappa shape index (κ3) is 3.35. The second-order valence-electron chi connectivity index (χ2n) is 6.29. The van der Waals surface area contributed by atoms with E-state index in [0.717, 1.165) is 10.8 Å². The van der Waals surface area contributed by atoms with Crippen LogP contribution < -0.4 is 4.74 Å². The van der Waals surface area contributed by atoms with Gasteiger partial charge in [-0.3, -0.25) is 4.79 Å². The van der Waals surface area contributed by atoms with Crippen LogP contribution in [-0.2, 0) is 0 Å². The zero-order valence-corrected chi connectivity index (χ0v) is 14.8. The van der Waals surface area contributed by atoms with Crippen LogP contribution in [-0.4, -0.2) is 16.9 Å². The minimum atomic E-state index is -0.726. The summed E-state index contributed by atoms with van der Waals surface area (Å²) in [5.41, 5.74) is 0.773. The van der Waals surface area contributed by atoms with Crippen molar-refractivity contribution in [3.63, 3.8) is 0 Å². The van der Waals surface area contributed by atoms with E-state index in [-0.39, 0.29) is 17.1 Å². The first-order chi connectivity index (χ1) is 13.6. The summed E-state index contributed by atoms with van der Waals surface area (Å²) < 4.78 is 5.28. The lowest BCUT2D eigenvalue weighted by Gasteiger charge is -2.09. The number of aromatic hydroxyl groups is 1. The molecule has 0 atom stereocenters. The Balaban J connectivity index is 1.70. The molecule has 0 spiro atoms. The lowest BCUT2D eigenvalue weighted by atomic mass is 9.96. The summed E-state index contributed by atoms with van der Waals surface area (Å²) >= 11 is 0. The molecule has 4 heteroatoms. The quantitative estimate of drug-likeness (QED) is 0.313. The number of rotatable bonds is 4. The number of hydrogen-bond acceptors (Lipinski definition) is 4. The lowest BCUT2D eigenvalue weighted by molar-refractivity contribution is 0.0731. The van der Waals surface area contributed by atoms with Gasteiger partial charge in [0.25, 0.3) is 0 Å². The molecule has 0 saturated carbocycles. The van der Waals surface area contributed by atoms with Crippen molar-refractivity contribution in [2.45, 2.75) is 0 Å². The van der Waals surface area contributed by atoms with Crippen LogP contribution >= 0.6 is 0 Å². The van der Waals surface area contributed by atoms with Crippen molar-refractivity contribution < 1.29 is 19.4 Å². The van der Waals surface area contributed by atoms with Crippen molar-refractivity contribution >= 4 is 22.5 Å². The van der Waals surface area contributed by atoms with Gasteiger partial charge in [-0.15, -0.1) is 0 Å². The Labute approximate surface area is 161 Å². The highest BCUT2D eigenvalue weighted by molar-refractivity contribution is 6.17. The van der Waals surface area contributed by atoms with E-state index in [0.29, 0.717) is 16.9 Å². The topological polar surface area (TPSA) is 63.6 Å². The van der Waals surface area contributed by atoms with Crippen molar-refractivity contribution in [3.05, 3.63) is 108 Å². The third-order valence-corrected chi connectivity index (χ3v) is 4.47. The van der Waals surface area contributed by atoms with Crippen LogP contribution in [0.5, 0.6) is 11.5 Å². The van der Waals surface area contributed by atoms with Crippen LogP contribution in [0.1, 0.15) is 26.3 Å². The number of esters is 1. The zero-order valence-electron chi connectivity index (χ0n) is 14.8. The van der Waals surface area contributed by atoms with Gasteiger partial charge in [-0.2, -0.15) is 0 Å². The number of ketones is 1. The summed E-state index contributed by atoms with van der Waals surface area (Å²) in [6.45, 7) is 0. The van der Waals surface area contributed by atoms with E-state index < -0.39 is 5.97 Å². The molecule has 0 saturated heterocycles. The van der Waals surface area contributed by atoms with Crippen molar-refractivity contribution in [2.24, 2.45) is 0 Å². The molecule has 4 aromatic rings. The number of benzene rings is 4. The molecule has 0 bridgehead atoms. The third-order valence-electron chi connectivity index (χ3n) is 4.47. The molecule has 28 heavy (non-hydrogen) atoms. The van der Waals surface area contributed by atoms with Crippen LogP contribution in [0, 0.1) is 0 Å². The molecule has 0 aliphatic carbocycles. The first-order valence-corrected chi connectivity index (χ1v) is 8.76. The Morgan fingerprint density at radius 2 is 1.43 bits per heavy atom. The van der Waals surface area contributed by atoms with E-state index in [2.05, 4.69) is 0 Å². The van der Waals surface area contributed by atoms with Gasteiger partial charge in [0.1, 0.15) is 17.1 Å². The van der Waals surface area contributed by atoms with Crippen LogP contribution in [0.15, 0.2) is 91.0 Å². The number of carbonyl (C=O) groups is 2. The minimum Gasteiger partial charge on any atom is -0.507 e. The van der Waals surface area contributed by atoms with Gasteiger partial charge in [0.05, 0.1) is 0 Å². The monoisotopic (exact) mass is 368 g/mol. The first kappa shape index (κ1) is 17.5. The highest BCUT2D eigenvalue weighted by atomic mass is 16.5. The summed E-state index contributed by atoms with van der Waals surface area (Å²) in [5, 5.41) is 11.9. The fourth-order valence-electron chi connectivity index (χ4n) is 3.07. The molecule has 4 aromatic carbocycles. The Morgan fingerprint density at radius 3 is 2.25 bits per heavy atom. The van der Waals surface area contributed by atoms with Crippen molar-refractivity contribution in [2.75, 3.05) is 0 Å². The van der Waals surface area contributed by atoms with Crippen molar-refractivity contribution in [1.82, 2.24) is 0 Å². The predicted molar refractivity (Wildman–Crippen MR) is 107 cm³/mol. The van der Waals surface area contributed by atoms with Crippen molar-refractivity contribution in [1.29, 1.82) is 0 Å². The standard InChI is InChI=1S/C24H16O4/c25-22-14-13-17(15-21(22)24(27)28-18-9-2-1-3-10-18)23(26)20-12-6-8-16-7-4-5-11-19(16)20/h1-15,25H. The van der Waals surface area contributed by atoms with E-state index in [1.54, 1.807) is 36.4 Å². The van der Waals surface area contributed by atoms with Crippen LogP contribution in [0.2, 0.25) is 0 Å². The maximum atomic E-state index is 13.1. The molecule has 0 radical (unpaired) electrons. The van der Waals surface area contributed by atoms with Gasteiger partial charge in [-0.05, 0) is 41.1 Å². The largest absolute Gasteiger partial charge is 0.507 e. The number of carbonyl (C=O) groups excluding carboxylic acids is 2. The predicted octanol–water partition coefficient (Wildman–Crippen LogP) is 5.00. The Kier molecular flexibility index (Phi) is 4.60. The van der Waals surface area contributed by atoms with Crippen LogP contribution in [0.4, 0.5) is 0 Å². The summed E-state index contributed by atoms with van der Waals surface area (Å²) in [7, 11) is 0. The van der Waals surface area contributed by atoms with Gasteiger partial charge in [-0.25, -0.2) is 4.79 Å². The molecular weight excluding hydrogens is 352 g/mol. The first-order valence-electron chi connectivity index (χ1n) is 8.76. The number of phenolic OH excluding ortho intramolecular Hbond substituents is 1. The van der Waals surface area contributed by atoms with E-state index in [9.17, 15) is 14.7 Å². The van der Waals surface area contributed by atoms with Crippen LogP contribution in [0.3, 0.4) is 0 Å². The second-order valence-corrected chi connectivity index (χ2v) is 6.29. The van der Waals surface area contributed by atoms with E-state index in [4.69, 9.17) is 4.74 Å². The molecule has 0 aliphatic heterocycles. The van der Waals surface area contributed by atoms with E-state index in [1.807, 2.05) is 36.4 Å². The van der Waals surface area contributed by atoms with Gasteiger partial charge in [0.2, 0.25) is 0 Å². The molecule has 0 heterocycles. The highest BCUT2D eigenvalue weighted by Gasteiger charge is 2.19. The van der Waals surface area contributed by atoms with Gasteiger partial charge >= 0.3 is 5.97 Å². The Hall–Kier alpha value is -3.92. The molecule has 0 amide bonds. The lowest BCUT2D eigenvalue weighted by Crippen LogP contribution is -2.11. The van der Waals surface area contributed by atoms with Gasteiger partial charge in [0, 0.05) is 11.1 Å². The molecule has 0 aliphatic rings. The average molecular weight is 368 g/mol. The number of para-hydroxylation sites is 1. The Bertz CT molecular complexity index is 1170. The normalized spacial score (nSPS) is 10.6. The molecular formula is C24H16O4. The van der Waals surface area contributed by atoms with Gasteiger partial charge < -0.3 is 9.84 Å². The summed E-state index contributed by atoms with van der Waals surface area (Å²) in [6.07, 6.45) is 0. The Morgan fingerprint density at radius 1 is 0.714 bits per heavy atom. The maximum Gasteiger partial charge on any atom is 0.347 e. The van der Waals surface area contributed by atoms with Crippen LogP contribution in [0.25, 0.3) is 10.8 Å². The van der Waals surface area contributed by atoms with Gasteiger partial charge in [0.15, 0.2) is 5.78 Å². The molecule has 136 valence electrons. The minimum absolute atomic E-state index is 0.0602. The summed E-state index contributed by atoms with van der Waals surface area (Å²) in [5.74, 6) is -0.838. The van der Waals surface area contributed by atoms with E-state index >= 15 is 0 Å². The SMILES string of the molecule is O=C(Oc1ccccc1)c1cc(C(=O)c2cccc3ccccc23)ccc1O. The summed E-state index contributed by atoms with van der Waals surface area (Å²) in [4.78, 5) is 25.5. The molecule has 4 nitrogen and oxygen atoms in total. The fraction of sp³-hybridized carbons (Fsp3) is 0. The zero-order chi connectivity index (χ0) is 19.5. The molecule has 4 rings (SSSR count). The number of hydrogen-bond donors (Lipinski definition) is 1. The highest BCUT2D eigenvalue weighted by Crippen LogP contribution is 2.25. The number of fused-ring (bicyclic) bond motifs is 1. The number of ether oxygens (including phenoxy) is 1. The molecule has 0 unspecified atom stereocenters. The number of phenols is 1. The average Bonchev–Trinajstić information content (AvgIpc) is 2.74. The van der Waals surface area contributed by atoms with Crippen molar-refractivity contribution in [3.8, 4) is 11.5 Å². The smallest absolute Gasteiger partial charge is 0.347 e. The molecule has 0 fully saturated rings. The second kappa shape index (κ2) is 7.37. The molecule has 1 N–H and O–H groups in total. The maximum absolute atomic E-state index is 13.1. The van der Waals surface area contributed by atoms with E-state index in [1.165, 1.54) is 18.2 Å².